The molecule has 18 heavy (non-hydrogen) atoms. The van der Waals surface area contributed by atoms with Crippen LogP contribution < -0.4 is 20.8 Å². The number of hydrogen-bond acceptors (Lipinski definition) is 5. The third kappa shape index (κ3) is 2.92. The van der Waals surface area contributed by atoms with Gasteiger partial charge in [0.05, 0.1) is 13.4 Å². The molecule has 0 saturated carbocycles. The first-order valence-electron chi connectivity index (χ1n) is 4.86. The number of rotatable bonds is 3. The lowest BCUT2D eigenvalue weighted by molar-refractivity contribution is 0.412. The second kappa shape index (κ2) is 5.92. The number of H-pyrrole nitrogens is 1. The second-order valence-corrected chi connectivity index (χ2v) is 3.23. The molecule has 1 aromatic heterocycles. The van der Waals surface area contributed by atoms with Crippen LogP contribution in [0.15, 0.2) is 35.4 Å². The Morgan fingerprint density at radius 1 is 1.22 bits per heavy atom. The highest BCUT2D eigenvalue weighted by molar-refractivity contribution is 5.85. The van der Waals surface area contributed by atoms with Crippen LogP contribution in [0, 0.1) is 0 Å². The third-order valence-corrected chi connectivity index (χ3v) is 2.13. The Labute approximate surface area is 109 Å². The zero-order valence-electron chi connectivity index (χ0n) is 9.54. The summed E-state index contributed by atoms with van der Waals surface area (Å²) in [5.74, 6) is 1.32. The Balaban J connectivity index is 0.00000162. The van der Waals surface area contributed by atoms with E-state index < -0.39 is 5.56 Å². The van der Waals surface area contributed by atoms with Crippen LogP contribution in [0.2, 0.25) is 0 Å². The van der Waals surface area contributed by atoms with Gasteiger partial charge in [-0.05, 0) is 24.3 Å². The van der Waals surface area contributed by atoms with Crippen LogP contribution >= 0.6 is 12.4 Å². The number of benzene rings is 1. The topological polar surface area (TPSA) is 90.2 Å². The Morgan fingerprint density at radius 2 is 1.83 bits per heavy atom. The maximum atomic E-state index is 11.2. The predicted octanol–water partition coefficient (Wildman–Crippen LogP) is 1.57. The largest absolute Gasteiger partial charge is 0.497 e. The number of nitrogens with zero attached hydrogens (tertiary/aromatic N) is 1. The minimum atomic E-state index is -0.427. The van der Waals surface area contributed by atoms with E-state index in [4.69, 9.17) is 15.2 Å². The van der Waals surface area contributed by atoms with Gasteiger partial charge in [0, 0.05) is 0 Å². The number of aromatic amines is 1. The SMILES string of the molecule is COc1ccc(Oc2nc[nH]c(=O)c2N)cc1.Cl. The molecule has 0 aliphatic heterocycles. The molecule has 2 rings (SSSR count). The molecule has 0 spiro atoms. The van der Waals surface area contributed by atoms with Crippen molar-refractivity contribution in [3.63, 3.8) is 0 Å². The molecule has 0 radical (unpaired) electrons. The van der Waals surface area contributed by atoms with Crippen molar-refractivity contribution in [1.82, 2.24) is 9.97 Å². The smallest absolute Gasteiger partial charge is 0.277 e. The van der Waals surface area contributed by atoms with E-state index in [1.54, 1.807) is 31.4 Å². The minimum Gasteiger partial charge on any atom is -0.497 e. The summed E-state index contributed by atoms with van der Waals surface area (Å²) in [4.78, 5) is 17.4. The van der Waals surface area contributed by atoms with Crippen LogP contribution in [0.5, 0.6) is 17.4 Å². The molecule has 96 valence electrons. The molecule has 0 aliphatic carbocycles. The van der Waals surface area contributed by atoms with E-state index in [1.165, 1.54) is 6.33 Å². The van der Waals surface area contributed by atoms with Gasteiger partial charge in [-0.2, -0.15) is 0 Å². The normalized spacial score (nSPS) is 9.39. The van der Waals surface area contributed by atoms with Crippen molar-refractivity contribution in [3.05, 3.63) is 40.9 Å². The molecular formula is C11H12ClN3O3. The average molecular weight is 270 g/mol. The van der Waals surface area contributed by atoms with Gasteiger partial charge >= 0.3 is 0 Å². The number of nitrogen functional groups attached to an aromatic ring is 1. The van der Waals surface area contributed by atoms with Gasteiger partial charge in [-0.1, -0.05) is 0 Å². The Hall–Kier alpha value is -2.21. The second-order valence-electron chi connectivity index (χ2n) is 3.23. The number of halogens is 1. The number of nitrogens with one attached hydrogen (secondary N) is 1. The van der Waals surface area contributed by atoms with E-state index in [0.717, 1.165) is 0 Å². The van der Waals surface area contributed by atoms with Crippen molar-refractivity contribution in [3.8, 4) is 17.4 Å². The van der Waals surface area contributed by atoms with Crippen LogP contribution in [0.25, 0.3) is 0 Å². The lowest BCUT2D eigenvalue weighted by Crippen LogP contribution is -2.13. The molecule has 0 unspecified atom stereocenters. The minimum absolute atomic E-state index is 0. The summed E-state index contributed by atoms with van der Waals surface area (Å²) >= 11 is 0. The lowest BCUT2D eigenvalue weighted by Gasteiger charge is -2.06. The molecule has 7 heteroatoms. The highest BCUT2D eigenvalue weighted by Crippen LogP contribution is 2.23. The van der Waals surface area contributed by atoms with E-state index in [0.29, 0.717) is 11.5 Å². The molecule has 0 aliphatic rings. The van der Waals surface area contributed by atoms with Gasteiger partial charge < -0.3 is 20.2 Å². The van der Waals surface area contributed by atoms with Crippen molar-refractivity contribution >= 4 is 18.1 Å². The van der Waals surface area contributed by atoms with E-state index in [9.17, 15) is 4.79 Å². The standard InChI is InChI=1S/C11H11N3O3.ClH/c1-16-7-2-4-8(5-3-7)17-11-9(12)10(15)13-6-14-11;/h2-6H,12H2,1H3,(H,13,14,15);1H. The number of methoxy groups -OCH3 is 1. The first kappa shape index (κ1) is 13.9. The van der Waals surface area contributed by atoms with Gasteiger partial charge in [-0.15, -0.1) is 12.4 Å². The van der Waals surface area contributed by atoms with Crippen LogP contribution in [-0.2, 0) is 0 Å². The maximum absolute atomic E-state index is 11.2. The van der Waals surface area contributed by atoms with Crippen LogP contribution in [-0.4, -0.2) is 17.1 Å². The van der Waals surface area contributed by atoms with Crippen molar-refractivity contribution in [2.45, 2.75) is 0 Å². The fraction of sp³-hybridized carbons (Fsp3) is 0.0909. The van der Waals surface area contributed by atoms with E-state index in [1.807, 2.05) is 0 Å². The molecule has 0 bridgehead atoms. The molecule has 3 N–H and O–H groups in total. The summed E-state index contributed by atoms with van der Waals surface area (Å²) in [7, 11) is 1.58. The summed E-state index contributed by atoms with van der Waals surface area (Å²) in [6.07, 6.45) is 1.23. The fourth-order valence-corrected chi connectivity index (χ4v) is 1.23. The number of aromatic nitrogens is 2. The van der Waals surface area contributed by atoms with E-state index in [-0.39, 0.29) is 24.0 Å². The number of ether oxygens (including phenoxy) is 2. The van der Waals surface area contributed by atoms with Crippen LogP contribution in [0.4, 0.5) is 5.69 Å². The molecule has 0 fully saturated rings. The lowest BCUT2D eigenvalue weighted by atomic mass is 10.3. The molecule has 2 aromatic rings. The molecule has 1 aromatic carbocycles. The summed E-state index contributed by atoms with van der Waals surface area (Å²) < 4.78 is 10.4. The molecule has 1 heterocycles. The van der Waals surface area contributed by atoms with Crippen LogP contribution in [0.3, 0.4) is 0 Å². The summed E-state index contributed by atoms with van der Waals surface area (Å²) in [6.45, 7) is 0. The van der Waals surface area contributed by atoms with Gasteiger partial charge in [-0.3, -0.25) is 4.79 Å². The van der Waals surface area contributed by atoms with Crippen molar-refractivity contribution in [2.24, 2.45) is 0 Å². The first-order chi connectivity index (χ1) is 8.20. The van der Waals surface area contributed by atoms with E-state index in [2.05, 4.69) is 9.97 Å². The first-order valence-corrected chi connectivity index (χ1v) is 4.86. The summed E-state index contributed by atoms with van der Waals surface area (Å²) in [6, 6.07) is 6.86. The Bertz CT molecular complexity index is 568. The fourth-order valence-electron chi connectivity index (χ4n) is 1.23. The van der Waals surface area contributed by atoms with Gasteiger partial charge in [0.25, 0.3) is 5.56 Å². The number of hydrogen-bond donors (Lipinski definition) is 2. The number of anilines is 1. The molecule has 0 amide bonds. The van der Waals surface area contributed by atoms with Gasteiger partial charge in [0.1, 0.15) is 11.5 Å². The van der Waals surface area contributed by atoms with Gasteiger partial charge in [0.2, 0.25) is 5.88 Å². The summed E-state index contributed by atoms with van der Waals surface area (Å²) in [5.41, 5.74) is 5.05. The molecule has 0 saturated heterocycles. The van der Waals surface area contributed by atoms with Crippen LogP contribution in [0.1, 0.15) is 0 Å². The highest BCUT2D eigenvalue weighted by atomic mass is 35.5. The molecule has 6 nitrogen and oxygen atoms in total. The van der Waals surface area contributed by atoms with Crippen molar-refractivity contribution in [1.29, 1.82) is 0 Å². The zero-order valence-corrected chi connectivity index (χ0v) is 10.4. The molecule has 0 atom stereocenters. The maximum Gasteiger partial charge on any atom is 0.277 e. The van der Waals surface area contributed by atoms with Crippen molar-refractivity contribution < 1.29 is 9.47 Å². The Morgan fingerprint density at radius 3 is 2.44 bits per heavy atom. The van der Waals surface area contributed by atoms with Gasteiger partial charge in [0.15, 0.2) is 5.69 Å². The van der Waals surface area contributed by atoms with E-state index >= 15 is 0 Å². The monoisotopic (exact) mass is 269 g/mol. The quantitative estimate of drug-likeness (QED) is 0.883. The van der Waals surface area contributed by atoms with Crippen molar-refractivity contribution in [2.75, 3.05) is 12.8 Å². The average Bonchev–Trinajstić information content (AvgIpc) is 2.36. The Kier molecular flexibility index (Phi) is 4.56. The zero-order chi connectivity index (χ0) is 12.3. The highest BCUT2D eigenvalue weighted by Gasteiger charge is 2.06. The predicted molar refractivity (Wildman–Crippen MR) is 69.6 cm³/mol. The van der Waals surface area contributed by atoms with Gasteiger partial charge in [-0.25, -0.2) is 4.98 Å². The summed E-state index contributed by atoms with van der Waals surface area (Å²) in [5, 5.41) is 0. The molecular weight excluding hydrogens is 258 g/mol. The third-order valence-electron chi connectivity index (χ3n) is 2.13. The number of nitrogens with two attached hydrogens (primary N) is 1.